The Bertz CT molecular complexity index is 1300. The Labute approximate surface area is 209 Å². The molecule has 0 unspecified atom stereocenters. The highest BCUT2D eigenvalue weighted by Crippen LogP contribution is 2.40. The van der Waals surface area contributed by atoms with Crippen LogP contribution in [-0.2, 0) is 11.2 Å². The standard InChI is InChI=1S/C24H23F3N6O2S/c1-32-18-10-15(25)17(33-8-7-24(26,27)13-33)11-19(18)36-12-16(23(32)35)28-22(34)21-29-20(30-31-21)9-14-5-3-2-4-6-14/h2-6,10-11,16H,7-9,12-13H2,1H3,(H,28,34)(H,29,30,31)/t16-/m0/s1. The van der Waals surface area contributed by atoms with Crippen LogP contribution in [0.3, 0.4) is 0 Å². The number of nitrogens with one attached hydrogen (secondary N) is 2. The highest BCUT2D eigenvalue weighted by atomic mass is 32.2. The van der Waals surface area contributed by atoms with Gasteiger partial charge in [0.15, 0.2) is 0 Å². The van der Waals surface area contributed by atoms with Crippen LogP contribution < -0.4 is 15.1 Å². The second kappa shape index (κ2) is 9.49. The minimum Gasteiger partial charge on any atom is -0.363 e. The third kappa shape index (κ3) is 4.90. The van der Waals surface area contributed by atoms with E-state index >= 15 is 0 Å². The van der Waals surface area contributed by atoms with Gasteiger partial charge in [0.2, 0.25) is 11.7 Å². The van der Waals surface area contributed by atoms with Gasteiger partial charge in [0.1, 0.15) is 17.7 Å². The maximum absolute atomic E-state index is 14.9. The minimum atomic E-state index is -2.87. The van der Waals surface area contributed by atoms with E-state index in [4.69, 9.17) is 0 Å². The second-order valence-electron chi connectivity index (χ2n) is 8.80. The molecule has 12 heteroatoms. The largest absolute Gasteiger partial charge is 0.363 e. The monoisotopic (exact) mass is 516 g/mol. The van der Waals surface area contributed by atoms with Gasteiger partial charge in [-0.05, 0) is 11.6 Å². The molecule has 0 aliphatic carbocycles. The summed E-state index contributed by atoms with van der Waals surface area (Å²) in [4.78, 5) is 33.2. The molecular weight excluding hydrogens is 493 g/mol. The van der Waals surface area contributed by atoms with Gasteiger partial charge in [-0.25, -0.2) is 18.2 Å². The molecule has 0 radical (unpaired) electrons. The van der Waals surface area contributed by atoms with Gasteiger partial charge in [0, 0.05) is 43.1 Å². The first-order valence-corrected chi connectivity index (χ1v) is 12.3. The molecule has 0 bridgehead atoms. The highest BCUT2D eigenvalue weighted by Gasteiger charge is 2.40. The van der Waals surface area contributed by atoms with E-state index in [0.717, 1.165) is 5.56 Å². The van der Waals surface area contributed by atoms with Crippen LogP contribution in [0.4, 0.5) is 24.5 Å². The summed E-state index contributed by atoms with van der Waals surface area (Å²) >= 11 is 1.24. The van der Waals surface area contributed by atoms with E-state index in [9.17, 15) is 22.8 Å². The van der Waals surface area contributed by atoms with E-state index in [2.05, 4.69) is 20.5 Å². The number of anilines is 2. The molecule has 0 spiro atoms. The first-order chi connectivity index (χ1) is 17.2. The number of amides is 2. The topological polar surface area (TPSA) is 94.2 Å². The average Bonchev–Trinajstić information content (AvgIpc) is 3.45. The van der Waals surface area contributed by atoms with Crippen molar-refractivity contribution in [3.05, 3.63) is 65.5 Å². The van der Waals surface area contributed by atoms with Crippen LogP contribution in [0.1, 0.15) is 28.4 Å². The van der Waals surface area contributed by atoms with Gasteiger partial charge in [0.05, 0.1) is 17.9 Å². The first-order valence-electron chi connectivity index (χ1n) is 11.3. The average molecular weight is 517 g/mol. The Morgan fingerprint density at radius 3 is 2.75 bits per heavy atom. The summed E-state index contributed by atoms with van der Waals surface area (Å²) in [6, 6.07) is 11.3. The SMILES string of the molecule is CN1C(=O)[C@@H](NC(=O)c2n[nH]c(Cc3ccccc3)n2)CSc2cc(N3CCC(F)(F)C3)c(F)cc21. The Morgan fingerprint density at radius 2 is 2.03 bits per heavy atom. The lowest BCUT2D eigenvalue weighted by Crippen LogP contribution is -2.48. The van der Waals surface area contributed by atoms with Crippen LogP contribution in [0.5, 0.6) is 0 Å². The molecule has 1 atom stereocenters. The van der Waals surface area contributed by atoms with Crippen molar-refractivity contribution in [2.24, 2.45) is 0 Å². The number of nitrogens with zero attached hydrogens (tertiary/aromatic N) is 4. The number of hydrogen-bond acceptors (Lipinski definition) is 6. The molecule has 0 saturated carbocycles. The molecule has 3 aromatic rings. The van der Waals surface area contributed by atoms with Gasteiger partial charge in [-0.15, -0.1) is 16.9 Å². The lowest BCUT2D eigenvalue weighted by atomic mass is 10.1. The number of thioether (sulfide) groups is 1. The maximum atomic E-state index is 14.9. The quantitative estimate of drug-likeness (QED) is 0.541. The number of rotatable bonds is 5. The van der Waals surface area contributed by atoms with E-state index in [-0.39, 0.29) is 30.2 Å². The molecule has 188 valence electrons. The van der Waals surface area contributed by atoms with Gasteiger partial charge >= 0.3 is 0 Å². The van der Waals surface area contributed by atoms with Gasteiger partial charge in [-0.1, -0.05) is 30.3 Å². The number of fused-ring (bicyclic) bond motifs is 1. The summed E-state index contributed by atoms with van der Waals surface area (Å²) in [6.07, 6.45) is 0.131. The fourth-order valence-corrected chi connectivity index (χ4v) is 5.39. The van der Waals surface area contributed by atoms with Crippen LogP contribution in [0.2, 0.25) is 0 Å². The fraction of sp³-hybridized carbons (Fsp3) is 0.333. The van der Waals surface area contributed by atoms with Gasteiger partial charge in [0.25, 0.3) is 11.8 Å². The predicted molar refractivity (Wildman–Crippen MR) is 129 cm³/mol. The molecular formula is C24H23F3N6O2S. The predicted octanol–water partition coefficient (Wildman–Crippen LogP) is 3.25. The lowest BCUT2D eigenvalue weighted by molar-refractivity contribution is -0.119. The molecule has 2 N–H and O–H groups in total. The second-order valence-corrected chi connectivity index (χ2v) is 9.86. The van der Waals surface area contributed by atoms with E-state index in [1.807, 2.05) is 30.3 Å². The first kappa shape index (κ1) is 24.2. The Balaban J connectivity index is 1.29. The zero-order valence-corrected chi connectivity index (χ0v) is 20.1. The van der Waals surface area contributed by atoms with E-state index in [1.165, 1.54) is 40.7 Å². The highest BCUT2D eigenvalue weighted by molar-refractivity contribution is 7.99. The van der Waals surface area contributed by atoms with Crippen molar-refractivity contribution in [3.63, 3.8) is 0 Å². The van der Waals surface area contributed by atoms with Crippen LogP contribution >= 0.6 is 11.8 Å². The molecule has 2 amide bonds. The third-order valence-electron chi connectivity index (χ3n) is 6.19. The van der Waals surface area contributed by atoms with Crippen LogP contribution in [0.25, 0.3) is 0 Å². The Hall–Kier alpha value is -3.54. The van der Waals surface area contributed by atoms with Crippen LogP contribution in [-0.4, -0.2) is 64.9 Å². The number of H-pyrrole nitrogens is 1. The molecule has 2 aliphatic heterocycles. The summed E-state index contributed by atoms with van der Waals surface area (Å²) in [5.74, 6) is -4.01. The van der Waals surface area contributed by atoms with Crippen molar-refractivity contribution in [1.82, 2.24) is 20.5 Å². The molecule has 2 aliphatic rings. The van der Waals surface area contributed by atoms with Crippen molar-refractivity contribution in [2.45, 2.75) is 29.7 Å². The molecule has 1 saturated heterocycles. The maximum Gasteiger partial charge on any atom is 0.291 e. The Morgan fingerprint density at radius 1 is 1.25 bits per heavy atom. The summed E-state index contributed by atoms with van der Waals surface area (Å²) in [5, 5.41) is 9.37. The summed E-state index contributed by atoms with van der Waals surface area (Å²) in [7, 11) is 1.49. The number of aromatic amines is 1. The lowest BCUT2D eigenvalue weighted by Gasteiger charge is -2.24. The van der Waals surface area contributed by atoms with Crippen LogP contribution in [0, 0.1) is 5.82 Å². The summed E-state index contributed by atoms with van der Waals surface area (Å²) in [5.41, 5.74) is 1.39. The summed E-state index contributed by atoms with van der Waals surface area (Å²) in [6.45, 7) is -0.506. The normalized spacial score (nSPS) is 19.2. The fourth-order valence-electron chi connectivity index (χ4n) is 4.28. The van der Waals surface area contributed by atoms with Crippen molar-refractivity contribution >= 4 is 35.0 Å². The van der Waals surface area contributed by atoms with Crippen molar-refractivity contribution < 1.29 is 22.8 Å². The van der Waals surface area contributed by atoms with Crippen molar-refractivity contribution in [3.8, 4) is 0 Å². The minimum absolute atomic E-state index is 0.0454. The molecule has 36 heavy (non-hydrogen) atoms. The van der Waals surface area contributed by atoms with Gasteiger partial charge in [-0.2, -0.15) is 0 Å². The third-order valence-corrected chi connectivity index (χ3v) is 7.33. The van der Waals surface area contributed by atoms with E-state index in [0.29, 0.717) is 22.8 Å². The van der Waals surface area contributed by atoms with Crippen molar-refractivity contribution in [2.75, 3.05) is 35.7 Å². The number of carbonyl (C=O) groups excluding carboxylic acids is 2. The molecule has 5 rings (SSSR count). The number of carbonyl (C=O) groups is 2. The van der Waals surface area contributed by atoms with Crippen LogP contribution in [0.15, 0.2) is 47.4 Å². The van der Waals surface area contributed by atoms with Crippen molar-refractivity contribution in [1.29, 1.82) is 0 Å². The number of hydrogen-bond donors (Lipinski definition) is 2. The molecule has 8 nitrogen and oxygen atoms in total. The van der Waals surface area contributed by atoms with Gasteiger partial charge in [-0.3, -0.25) is 14.7 Å². The summed E-state index contributed by atoms with van der Waals surface area (Å²) < 4.78 is 42.2. The molecule has 1 fully saturated rings. The number of likely N-dealkylation sites (N-methyl/N-ethyl adjacent to an activating group) is 1. The Kier molecular flexibility index (Phi) is 6.37. The van der Waals surface area contributed by atoms with E-state index in [1.54, 1.807) is 0 Å². The number of halogens is 3. The zero-order chi connectivity index (χ0) is 25.4. The molecule has 3 heterocycles. The molecule has 2 aromatic carbocycles. The molecule has 1 aromatic heterocycles. The van der Waals surface area contributed by atoms with Gasteiger partial charge < -0.3 is 15.1 Å². The van der Waals surface area contributed by atoms with E-state index < -0.39 is 36.1 Å². The number of aromatic nitrogens is 3. The number of benzene rings is 2. The zero-order valence-electron chi connectivity index (χ0n) is 19.3. The smallest absolute Gasteiger partial charge is 0.291 e. The number of alkyl halides is 2.